The van der Waals surface area contributed by atoms with Gasteiger partial charge < -0.3 is 11.5 Å². The van der Waals surface area contributed by atoms with Gasteiger partial charge in [-0.1, -0.05) is 42.5 Å². The largest absolute Gasteiger partial charge is 0.384 e. The van der Waals surface area contributed by atoms with Gasteiger partial charge in [-0.3, -0.25) is 5.41 Å². The SMILES string of the molecule is CN.N=C(N)c1cccc2ccccc12. The van der Waals surface area contributed by atoms with Gasteiger partial charge in [0.2, 0.25) is 0 Å². The number of benzene rings is 2. The normalized spacial score (nSPS) is 9.20. The van der Waals surface area contributed by atoms with Crippen molar-refractivity contribution in [3.8, 4) is 0 Å². The van der Waals surface area contributed by atoms with Crippen LogP contribution in [0.5, 0.6) is 0 Å². The number of hydrogen-bond acceptors (Lipinski definition) is 2. The molecule has 0 aromatic heterocycles. The van der Waals surface area contributed by atoms with Crippen molar-refractivity contribution in [1.29, 1.82) is 5.41 Å². The standard InChI is InChI=1S/C11H10N2.CH5N/c12-11(13)10-7-3-5-8-4-1-2-6-9(8)10;1-2/h1-7H,(H3,12,13);2H2,1H3. The summed E-state index contributed by atoms with van der Waals surface area (Å²) in [7, 11) is 1.50. The highest BCUT2D eigenvalue weighted by molar-refractivity contribution is 6.07. The molecule has 0 atom stereocenters. The van der Waals surface area contributed by atoms with Gasteiger partial charge in [-0.05, 0) is 17.8 Å². The molecule has 2 rings (SSSR count). The van der Waals surface area contributed by atoms with E-state index < -0.39 is 0 Å². The average Bonchev–Trinajstić information content (AvgIpc) is 2.31. The topological polar surface area (TPSA) is 75.9 Å². The Hall–Kier alpha value is -1.87. The van der Waals surface area contributed by atoms with E-state index in [2.05, 4.69) is 5.73 Å². The number of nitrogens with one attached hydrogen (secondary N) is 1. The van der Waals surface area contributed by atoms with Crippen LogP contribution in [0.1, 0.15) is 5.56 Å². The quantitative estimate of drug-likeness (QED) is 0.485. The molecule has 5 N–H and O–H groups in total. The second-order valence-corrected chi connectivity index (χ2v) is 2.94. The minimum absolute atomic E-state index is 0.122. The third kappa shape index (κ3) is 2.33. The summed E-state index contributed by atoms with van der Waals surface area (Å²) in [6.45, 7) is 0. The fourth-order valence-corrected chi connectivity index (χ4v) is 1.46. The Morgan fingerprint density at radius 3 is 2.27 bits per heavy atom. The van der Waals surface area contributed by atoms with Crippen molar-refractivity contribution in [2.24, 2.45) is 11.5 Å². The lowest BCUT2D eigenvalue weighted by atomic mass is 10.0. The number of amidine groups is 1. The first-order chi connectivity index (χ1) is 7.29. The van der Waals surface area contributed by atoms with E-state index in [1.54, 1.807) is 0 Å². The summed E-state index contributed by atoms with van der Waals surface area (Å²) in [5.74, 6) is 0.122. The summed E-state index contributed by atoms with van der Waals surface area (Å²) in [4.78, 5) is 0. The molecule has 0 fully saturated rings. The fourth-order valence-electron chi connectivity index (χ4n) is 1.46. The van der Waals surface area contributed by atoms with Crippen molar-refractivity contribution >= 4 is 16.6 Å². The summed E-state index contributed by atoms with van der Waals surface area (Å²) in [5, 5.41) is 9.56. The Labute approximate surface area is 89.2 Å². The van der Waals surface area contributed by atoms with E-state index in [0.717, 1.165) is 16.3 Å². The molecule has 2 aromatic rings. The van der Waals surface area contributed by atoms with Gasteiger partial charge in [0.1, 0.15) is 5.84 Å². The van der Waals surface area contributed by atoms with E-state index in [9.17, 15) is 0 Å². The van der Waals surface area contributed by atoms with E-state index in [4.69, 9.17) is 11.1 Å². The maximum atomic E-state index is 7.40. The molecule has 0 aliphatic rings. The van der Waals surface area contributed by atoms with Crippen LogP contribution in [0.25, 0.3) is 10.8 Å². The molecule has 78 valence electrons. The second kappa shape index (κ2) is 5.12. The monoisotopic (exact) mass is 201 g/mol. The molecule has 3 heteroatoms. The molecule has 0 unspecified atom stereocenters. The van der Waals surface area contributed by atoms with Crippen molar-refractivity contribution in [1.82, 2.24) is 0 Å². The molecule has 0 bridgehead atoms. The van der Waals surface area contributed by atoms with Crippen LogP contribution < -0.4 is 11.5 Å². The van der Waals surface area contributed by atoms with E-state index >= 15 is 0 Å². The third-order valence-electron chi connectivity index (χ3n) is 2.08. The molecule has 0 saturated heterocycles. The van der Waals surface area contributed by atoms with E-state index in [0.29, 0.717) is 0 Å². The average molecular weight is 201 g/mol. The zero-order valence-electron chi connectivity index (χ0n) is 8.70. The van der Waals surface area contributed by atoms with Crippen LogP contribution in [0.4, 0.5) is 0 Å². The minimum Gasteiger partial charge on any atom is -0.384 e. The van der Waals surface area contributed by atoms with Crippen LogP contribution in [0.3, 0.4) is 0 Å². The molecule has 2 aromatic carbocycles. The van der Waals surface area contributed by atoms with Gasteiger partial charge in [0.05, 0.1) is 0 Å². The molecule has 0 saturated carbocycles. The van der Waals surface area contributed by atoms with Crippen LogP contribution in [0.15, 0.2) is 42.5 Å². The van der Waals surface area contributed by atoms with Gasteiger partial charge in [0.25, 0.3) is 0 Å². The first-order valence-corrected chi connectivity index (χ1v) is 4.69. The first-order valence-electron chi connectivity index (χ1n) is 4.69. The zero-order valence-corrected chi connectivity index (χ0v) is 8.70. The third-order valence-corrected chi connectivity index (χ3v) is 2.08. The summed E-state index contributed by atoms with van der Waals surface area (Å²) in [6.07, 6.45) is 0. The summed E-state index contributed by atoms with van der Waals surface area (Å²) in [5.41, 5.74) is 10.8. The zero-order chi connectivity index (χ0) is 11.3. The van der Waals surface area contributed by atoms with Gasteiger partial charge in [0, 0.05) is 5.56 Å². The minimum atomic E-state index is 0.122. The van der Waals surface area contributed by atoms with Crippen molar-refractivity contribution in [3.05, 3.63) is 48.0 Å². The van der Waals surface area contributed by atoms with Gasteiger partial charge in [0.15, 0.2) is 0 Å². The molecule has 0 heterocycles. The Kier molecular flexibility index (Phi) is 3.83. The van der Waals surface area contributed by atoms with Crippen molar-refractivity contribution in [3.63, 3.8) is 0 Å². The Bertz CT molecular complexity index is 458. The maximum Gasteiger partial charge on any atom is 0.123 e. The molecular weight excluding hydrogens is 186 g/mol. The van der Waals surface area contributed by atoms with Crippen LogP contribution in [0.2, 0.25) is 0 Å². The number of nitrogens with two attached hydrogens (primary N) is 2. The van der Waals surface area contributed by atoms with Gasteiger partial charge >= 0.3 is 0 Å². The smallest absolute Gasteiger partial charge is 0.123 e. The van der Waals surface area contributed by atoms with Gasteiger partial charge in [-0.25, -0.2) is 0 Å². The molecule has 0 amide bonds. The molecule has 0 radical (unpaired) electrons. The lowest BCUT2D eigenvalue weighted by molar-refractivity contribution is 1.44. The number of nitrogen functional groups attached to an aromatic ring is 1. The highest BCUT2D eigenvalue weighted by Gasteiger charge is 2.00. The maximum absolute atomic E-state index is 7.40. The first kappa shape index (κ1) is 11.2. The lowest BCUT2D eigenvalue weighted by Gasteiger charge is -2.03. The molecule has 3 nitrogen and oxygen atoms in total. The second-order valence-electron chi connectivity index (χ2n) is 2.94. The number of fused-ring (bicyclic) bond motifs is 1. The lowest BCUT2D eigenvalue weighted by Crippen LogP contribution is -2.11. The Balaban J connectivity index is 0.000000531. The molecule has 0 spiro atoms. The predicted molar refractivity (Wildman–Crippen MR) is 65.1 cm³/mol. The van der Waals surface area contributed by atoms with Gasteiger partial charge in [-0.15, -0.1) is 0 Å². The van der Waals surface area contributed by atoms with E-state index in [1.165, 1.54) is 7.05 Å². The van der Waals surface area contributed by atoms with Crippen molar-refractivity contribution in [2.45, 2.75) is 0 Å². The highest BCUT2D eigenvalue weighted by atomic mass is 14.7. The molecule has 0 aliphatic carbocycles. The fraction of sp³-hybridized carbons (Fsp3) is 0.0833. The molecule has 0 aliphatic heterocycles. The van der Waals surface area contributed by atoms with E-state index in [1.807, 2.05) is 42.5 Å². The number of hydrogen-bond donors (Lipinski definition) is 3. The summed E-state index contributed by atoms with van der Waals surface area (Å²) in [6, 6.07) is 13.7. The van der Waals surface area contributed by atoms with Gasteiger partial charge in [-0.2, -0.15) is 0 Å². The Morgan fingerprint density at radius 2 is 1.60 bits per heavy atom. The Morgan fingerprint density at radius 1 is 1.00 bits per heavy atom. The van der Waals surface area contributed by atoms with Crippen LogP contribution >= 0.6 is 0 Å². The van der Waals surface area contributed by atoms with Crippen LogP contribution in [0, 0.1) is 5.41 Å². The summed E-state index contributed by atoms with van der Waals surface area (Å²) >= 11 is 0. The van der Waals surface area contributed by atoms with Crippen molar-refractivity contribution < 1.29 is 0 Å². The van der Waals surface area contributed by atoms with E-state index in [-0.39, 0.29) is 5.84 Å². The predicted octanol–water partition coefficient (Wildman–Crippen LogP) is 1.70. The molecular formula is C12H15N3. The number of rotatable bonds is 1. The highest BCUT2D eigenvalue weighted by Crippen LogP contribution is 2.17. The van der Waals surface area contributed by atoms with Crippen LogP contribution in [-0.4, -0.2) is 12.9 Å². The summed E-state index contributed by atoms with van der Waals surface area (Å²) < 4.78 is 0. The molecule has 15 heavy (non-hydrogen) atoms. The van der Waals surface area contributed by atoms with Crippen LogP contribution in [-0.2, 0) is 0 Å². The van der Waals surface area contributed by atoms with Crippen molar-refractivity contribution in [2.75, 3.05) is 7.05 Å².